The number of aromatic nitrogens is 1. The summed E-state index contributed by atoms with van der Waals surface area (Å²) >= 11 is 0. The molecule has 5 nitrogen and oxygen atoms in total. The van der Waals surface area contributed by atoms with Gasteiger partial charge in [0.1, 0.15) is 0 Å². The van der Waals surface area contributed by atoms with Gasteiger partial charge in [0.05, 0.1) is 13.1 Å². The second-order valence-electron chi connectivity index (χ2n) is 8.02. The molecular formula is C21H35N3O2. The van der Waals surface area contributed by atoms with Gasteiger partial charge in [-0.1, -0.05) is 33.6 Å². The summed E-state index contributed by atoms with van der Waals surface area (Å²) in [4.78, 5) is 29.5. The van der Waals surface area contributed by atoms with Crippen molar-refractivity contribution in [2.45, 2.75) is 59.4 Å². The van der Waals surface area contributed by atoms with Crippen LogP contribution in [0.5, 0.6) is 0 Å². The molecule has 0 aromatic carbocycles. The Balaban J connectivity index is 2.05. The van der Waals surface area contributed by atoms with Crippen LogP contribution in [-0.4, -0.2) is 45.8 Å². The van der Waals surface area contributed by atoms with E-state index < -0.39 is 0 Å². The van der Waals surface area contributed by atoms with E-state index in [1.807, 2.05) is 24.2 Å². The highest BCUT2D eigenvalue weighted by Gasteiger charge is 2.31. The van der Waals surface area contributed by atoms with Crippen molar-refractivity contribution in [3.05, 3.63) is 24.0 Å². The Bertz CT molecular complexity index is 590. The zero-order valence-electron chi connectivity index (χ0n) is 16.9. The summed E-state index contributed by atoms with van der Waals surface area (Å²) in [6.45, 7) is 8.56. The van der Waals surface area contributed by atoms with Crippen LogP contribution < -0.4 is 0 Å². The van der Waals surface area contributed by atoms with Crippen LogP contribution in [0.4, 0.5) is 0 Å². The van der Waals surface area contributed by atoms with E-state index in [-0.39, 0.29) is 24.3 Å². The summed E-state index contributed by atoms with van der Waals surface area (Å²) < 4.78 is 2.05. The molecule has 0 saturated heterocycles. The van der Waals surface area contributed by atoms with Gasteiger partial charge in [-0.3, -0.25) is 9.59 Å². The van der Waals surface area contributed by atoms with Crippen molar-refractivity contribution in [2.75, 3.05) is 19.6 Å². The van der Waals surface area contributed by atoms with E-state index >= 15 is 0 Å². The average Bonchev–Trinajstić information content (AvgIpc) is 2.93. The number of rotatable bonds is 10. The van der Waals surface area contributed by atoms with Gasteiger partial charge in [-0.2, -0.15) is 0 Å². The molecule has 1 aromatic heterocycles. The molecule has 1 aromatic rings. The first-order valence-corrected chi connectivity index (χ1v) is 10.1. The molecule has 1 fully saturated rings. The molecule has 0 radical (unpaired) electrons. The summed E-state index contributed by atoms with van der Waals surface area (Å²) in [6.07, 6.45) is 7.12. The van der Waals surface area contributed by atoms with Crippen molar-refractivity contribution >= 4 is 11.8 Å². The standard InChI is InChI=1S/C21H35N3O2/c1-5-6-13-23(15-19-11-8-12-22(19)4)20(25)16-24(14-17(2)3)21(26)18-9-7-10-18/h8,11-12,17-18H,5-7,9-10,13-16H2,1-4H3. The minimum atomic E-state index is 0.0629. The Morgan fingerprint density at radius 3 is 2.50 bits per heavy atom. The summed E-state index contributed by atoms with van der Waals surface area (Å²) in [5.74, 6) is 0.739. The normalized spacial score (nSPS) is 14.3. The van der Waals surface area contributed by atoms with Crippen molar-refractivity contribution in [1.82, 2.24) is 14.4 Å². The number of unbranched alkanes of at least 4 members (excludes halogenated alkanes) is 1. The summed E-state index contributed by atoms with van der Waals surface area (Å²) in [6, 6.07) is 4.06. The largest absolute Gasteiger partial charge is 0.353 e. The van der Waals surface area contributed by atoms with Crippen molar-refractivity contribution < 1.29 is 9.59 Å². The van der Waals surface area contributed by atoms with E-state index in [9.17, 15) is 9.59 Å². The Hall–Kier alpha value is -1.78. The Morgan fingerprint density at radius 1 is 1.27 bits per heavy atom. The lowest BCUT2D eigenvalue weighted by Crippen LogP contribution is -2.47. The molecule has 5 heteroatoms. The average molecular weight is 362 g/mol. The number of nitrogens with zero attached hydrogens (tertiary/aromatic N) is 3. The van der Waals surface area contributed by atoms with E-state index in [2.05, 4.69) is 31.4 Å². The third-order valence-corrected chi connectivity index (χ3v) is 5.22. The van der Waals surface area contributed by atoms with Crippen LogP contribution in [-0.2, 0) is 23.2 Å². The van der Waals surface area contributed by atoms with E-state index in [1.165, 1.54) is 0 Å². The van der Waals surface area contributed by atoms with Crippen LogP contribution in [0, 0.1) is 11.8 Å². The highest BCUT2D eigenvalue weighted by molar-refractivity contribution is 5.86. The quantitative estimate of drug-likeness (QED) is 0.641. The maximum atomic E-state index is 13.0. The first-order valence-electron chi connectivity index (χ1n) is 10.1. The molecule has 1 aliphatic rings. The second kappa shape index (κ2) is 9.79. The lowest BCUT2D eigenvalue weighted by Gasteiger charge is -2.34. The number of aryl methyl sites for hydroxylation is 1. The number of amides is 2. The molecule has 146 valence electrons. The summed E-state index contributed by atoms with van der Waals surface area (Å²) in [7, 11) is 2.00. The lowest BCUT2D eigenvalue weighted by atomic mass is 9.84. The SMILES string of the molecule is CCCCN(Cc1cccn1C)C(=O)CN(CC(C)C)C(=O)C1CCC1. The monoisotopic (exact) mass is 361 g/mol. The third-order valence-electron chi connectivity index (χ3n) is 5.22. The van der Waals surface area contributed by atoms with Crippen LogP contribution in [0.2, 0.25) is 0 Å². The molecule has 0 spiro atoms. The zero-order valence-corrected chi connectivity index (χ0v) is 16.9. The van der Waals surface area contributed by atoms with Gasteiger partial charge in [-0.15, -0.1) is 0 Å². The molecule has 1 aliphatic carbocycles. The van der Waals surface area contributed by atoms with Gasteiger partial charge in [0.2, 0.25) is 11.8 Å². The van der Waals surface area contributed by atoms with Crippen molar-refractivity contribution in [3.8, 4) is 0 Å². The fourth-order valence-corrected chi connectivity index (χ4v) is 3.35. The smallest absolute Gasteiger partial charge is 0.242 e. The number of hydrogen-bond donors (Lipinski definition) is 0. The second-order valence-corrected chi connectivity index (χ2v) is 8.02. The van der Waals surface area contributed by atoms with E-state index in [0.717, 1.165) is 44.3 Å². The number of carbonyl (C=O) groups is 2. The first kappa shape index (κ1) is 20.5. The fourth-order valence-electron chi connectivity index (χ4n) is 3.35. The van der Waals surface area contributed by atoms with E-state index in [0.29, 0.717) is 19.0 Å². The molecule has 0 atom stereocenters. The summed E-state index contributed by atoms with van der Waals surface area (Å²) in [5, 5.41) is 0. The molecule has 0 aliphatic heterocycles. The fraction of sp³-hybridized carbons (Fsp3) is 0.714. The van der Waals surface area contributed by atoms with Crippen LogP contribution in [0.15, 0.2) is 18.3 Å². The maximum absolute atomic E-state index is 13.0. The number of hydrogen-bond acceptors (Lipinski definition) is 2. The van der Waals surface area contributed by atoms with Crippen LogP contribution in [0.1, 0.15) is 58.6 Å². The van der Waals surface area contributed by atoms with Crippen molar-refractivity contribution in [1.29, 1.82) is 0 Å². The third kappa shape index (κ3) is 5.61. The van der Waals surface area contributed by atoms with Gasteiger partial charge in [-0.25, -0.2) is 0 Å². The van der Waals surface area contributed by atoms with Crippen LogP contribution in [0.3, 0.4) is 0 Å². The van der Waals surface area contributed by atoms with Crippen molar-refractivity contribution in [3.63, 3.8) is 0 Å². The minimum Gasteiger partial charge on any atom is -0.353 e. The predicted octanol–water partition coefficient (Wildman–Crippen LogP) is 3.44. The first-order chi connectivity index (χ1) is 12.4. The van der Waals surface area contributed by atoms with Crippen LogP contribution in [0.25, 0.3) is 0 Å². The highest BCUT2D eigenvalue weighted by Crippen LogP contribution is 2.28. The molecular weight excluding hydrogens is 326 g/mol. The van der Waals surface area contributed by atoms with Gasteiger partial charge >= 0.3 is 0 Å². The van der Waals surface area contributed by atoms with Gasteiger partial charge in [0.25, 0.3) is 0 Å². The molecule has 1 heterocycles. The predicted molar refractivity (Wildman–Crippen MR) is 104 cm³/mol. The number of carbonyl (C=O) groups excluding carboxylic acids is 2. The summed E-state index contributed by atoms with van der Waals surface area (Å²) in [5.41, 5.74) is 1.12. The van der Waals surface area contributed by atoms with Crippen LogP contribution >= 0.6 is 0 Å². The van der Waals surface area contributed by atoms with E-state index in [1.54, 1.807) is 4.90 Å². The molecule has 0 N–H and O–H groups in total. The van der Waals surface area contributed by atoms with Crippen molar-refractivity contribution in [2.24, 2.45) is 18.9 Å². The molecule has 2 rings (SSSR count). The maximum Gasteiger partial charge on any atom is 0.242 e. The van der Waals surface area contributed by atoms with Gasteiger partial charge < -0.3 is 14.4 Å². The lowest BCUT2D eigenvalue weighted by molar-refractivity contribution is -0.145. The topological polar surface area (TPSA) is 45.6 Å². The van der Waals surface area contributed by atoms with Gasteiger partial charge in [-0.05, 0) is 37.3 Å². The zero-order chi connectivity index (χ0) is 19.1. The molecule has 0 bridgehead atoms. The van der Waals surface area contributed by atoms with E-state index in [4.69, 9.17) is 0 Å². The Morgan fingerprint density at radius 2 is 2.00 bits per heavy atom. The molecule has 0 unspecified atom stereocenters. The van der Waals surface area contributed by atoms with Gasteiger partial charge in [0, 0.05) is 37.9 Å². The van der Waals surface area contributed by atoms with Gasteiger partial charge in [0.15, 0.2) is 0 Å². The molecule has 1 saturated carbocycles. The highest BCUT2D eigenvalue weighted by atomic mass is 16.2. The minimum absolute atomic E-state index is 0.0629. The Labute approximate surface area is 158 Å². The molecule has 2 amide bonds. The Kier molecular flexibility index (Phi) is 7.73. The molecule has 26 heavy (non-hydrogen) atoms.